The highest BCUT2D eigenvalue weighted by Gasteiger charge is 2.28. The quantitative estimate of drug-likeness (QED) is 0.810. The average molecular weight is 298 g/mol. The van der Waals surface area contributed by atoms with Gasteiger partial charge in [-0.2, -0.15) is 0 Å². The zero-order valence-electron chi connectivity index (χ0n) is 13.5. The highest BCUT2D eigenvalue weighted by atomic mass is 16.5. The first kappa shape index (κ1) is 16.7. The zero-order valence-corrected chi connectivity index (χ0v) is 13.5. The van der Waals surface area contributed by atoms with Crippen molar-refractivity contribution in [3.8, 4) is 0 Å². The van der Waals surface area contributed by atoms with Gasteiger partial charge >= 0.3 is 5.97 Å². The molecular formula is C16H30N2O3. The molecule has 0 amide bonds. The third kappa shape index (κ3) is 5.24. The van der Waals surface area contributed by atoms with Gasteiger partial charge in [0.1, 0.15) is 0 Å². The summed E-state index contributed by atoms with van der Waals surface area (Å²) >= 11 is 0. The second-order valence-corrected chi connectivity index (χ2v) is 6.61. The molecule has 5 heteroatoms. The molecule has 122 valence electrons. The van der Waals surface area contributed by atoms with E-state index in [-0.39, 0.29) is 12.5 Å². The number of carbonyl (C=O) groups is 1. The van der Waals surface area contributed by atoms with E-state index in [0.717, 1.165) is 32.0 Å². The standard InChI is InChI=1S/C16H30N2O3/c1-13(2)17-8-3-14(4-9-17)18-10-5-15(6-11-18)21-12-7-16(19)20/h13-15H,3-12H2,1-2H3,(H,19,20). The Hall–Kier alpha value is -0.650. The minimum absolute atomic E-state index is 0.119. The Morgan fingerprint density at radius 3 is 2.29 bits per heavy atom. The molecule has 0 spiro atoms. The third-order valence-corrected chi connectivity index (χ3v) is 4.89. The van der Waals surface area contributed by atoms with Crippen LogP contribution in [0.4, 0.5) is 0 Å². The second-order valence-electron chi connectivity index (χ2n) is 6.61. The summed E-state index contributed by atoms with van der Waals surface area (Å²) in [7, 11) is 0. The summed E-state index contributed by atoms with van der Waals surface area (Å²) in [6.07, 6.45) is 5.03. The van der Waals surface area contributed by atoms with E-state index < -0.39 is 5.97 Å². The number of ether oxygens (including phenoxy) is 1. The van der Waals surface area contributed by atoms with E-state index in [0.29, 0.717) is 12.6 Å². The molecule has 0 aromatic heterocycles. The minimum atomic E-state index is -0.774. The molecule has 21 heavy (non-hydrogen) atoms. The van der Waals surface area contributed by atoms with Crippen molar-refractivity contribution in [3.05, 3.63) is 0 Å². The molecule has 2 fully saturated rings. The molecule has 2 rings (SSSR count). The highest BCUT2D eigenvalue weighted by molar-refractivity contribution is 5.66. The lowest BCUT2D eigenvalue weighted by Gasteiger charge is -2.42. The van der Waals surface area contributed by atoms with Crippen LogP contribution in [0.5, 0.6) is 0 Å². The first-order valence-electron chi connectivity index (χ1n) is 8.37. The molecule has 1 N–H and O–H groups in total. The summed E-state index contributed by atoms with van der Waals surface area (Å²) in [5.41, 5.74) is 0. The molecule has 2 saturated heterocycles. The van der Waals surface area contributed by atoms with Crippen LogP contribution in [0.2, 0.25) is 0 Å². The lowest BCUT2D eigenvalue weighted by atomic mass is 9.98. The van der Waals surface area contributed by atoms with Gasteiger partial charge < -0.3 is 19.6 Å². The van der Waals surface area contributed by atoms with E-state index >= 15 is 0 Å². The SMILES string of the molecule is CC(C)N1CCC(N2CCC(OCCC(=O)O)CC2)CC1. The lowest BCUT2D eigenvalue weighted by molar-refractivity contribution is -0.138. The van der Waals surface area contributed by atoms with Crippen molar-refractivity contribution in [2.45, 2.75) is 64.1 Å². The molecule has 0 saturated carbocycles. The van der Waals surface area contributed by atoms with Crippen molar-refractivity contribution in [2.75, 3.05) is 32.8 Å². The summed E-state index contributed by atoms with van der Waals surface area (Å²) in [6.45, 7) is 9.55. The van der Waals surface area contributed by atoms with E-state index in [2.05, 4.69) is 23.6 Å². The second kappa shape index (κ2) is 8.11. The van der Waals surface area contributed by atoms with Gasteiger partial charge in [0, 0.05) is 25.2 Å². The van der Waals surface area contributed by atoms with E-state index in [1.807, 2.05) is 0 Å². The van der Waals surface area contributed by atoms with Crippen LogP contribution in [0.15, 0.2) is 0 Å². The van der Waals surface area contributed by atoms with Crippen LogP contribution in [0.25, 0.3) is 0 Å². The van der Waals surface area contributed by atoms with Crippen molar-refractivity contribution in [3.63, 3.8) is 0 Å². The van der Waals surface area contributed by atoms with Crippen LogP contribution in [0.3, 0.4) is 0 Å². The smallest absolute Gasteiger partial charge is 0.305 e. The van der Waals surface area contributed by atoms with Gasteiger partial charge in [0.2, 0.25) is 0 Å². The topological polar surface area (TPSA) is 53.0 Å². The maximum absolute atomic E-state index is 10.5. The molecule has 0 aromatic carbocycles. The molecule has 2 heterocycles. The molecule has 2 aliphatic rings. The van der Waals surface area contributed by atoms with Gasteiger partial charge in [-0.25, -0.2) is 0 Å². The van der Waals surface area contributed by atoms with Crippen molar-refractivity contribution in [1.29, 1.82) is 0 Å². The highest BCUT2D eigenvalue weighted by Crippen LogP contribution is 2.23. The summed E-state index contributed by atoms with van der Waals surface area (Å²) in [5, 5.41) is 8.62. The fraction of sp³-hybridized carbons (Fsp3) is 0.938. The summed E-state index contributed by atoms with van der Waals surface area (Å²) in [4.78, 5) is 15.7. The molecule has 0 radical (unpaired) electrons. The Morgan fingerprint density at radius 1 is 1.14 bits per heavy atom. The fourth-order valence-corrected chi connectivity index (χ4v) is 3.49. The predicted octanol–water partition coefficient (Wildman–Crippen LogP) is 1.81. The van der Waals surface area contributed by atoms with E-state index in [1.54, 1.807) is 0 Å². The van der Waals surface area contributed by atoms with Crippen LogP contribution in [-0.2, 0) is 9.53 Å². The monoisotopic (exact) mass is 298 g/mol. The average Bonchev–Trinajstić information content (AvgIpc) is 2.48. The van der Waals surface area contributed by atoms with Gasteiger partial charge in [-0.3, -0.25) is 4.79 Å². The van der Waals surface area contributed by atoms with Gasteiger partial charge in [-0.05, 0) is 52.6 Å². The van der Waals surface area contributed by atoms with Gasteiger partial charge in [0.15, 0.2) is 0 Å². The summed E-state index contributed by atoms with van der Waals surface area (Å²) in [5.74, 6) is -0.774. The minimum Gasteiger partial charge on any atom is -0.481 e. The summed E-state index contributed by atoms with van der Waals surface area (Å²) < 4.78 is 5.66. The Kier molecular flexibility index (Phi) is 6.45. The Labute approximate surface area is 128 Å². The molecule has 0 unspecified atom stereocenters. The number of carboxylic acid groups (broad SMARTS) is 1. The number of piperidine rings is 2. The molecule has 5 nitrogen and oxygen atoms in total. The largest absolute Gasteiger partial charge is 0.481 e. The van der Waals surface area contributed by atoms with Gasteiger partial charge in [-0.15, -0.1) is 0 Å². The van der Waals surface area contributed by atoms with E-state index in [9.17, 15) is 4.79 Å². The van der Waals surface area contributed by atoms with Crippen LogP contribution >= 0.6 is 0 Å². The number of likely N-dealkylation sites (tertiary alicyclic amines) is 2. The lowest BCUT2D eigenvalue weighted by Crippen LogP contribution is -2.49. The number of hydrogen-bond acceptors (Lipinski definition) is 4. The van der Waals surface area contributed by atoms with Gasteiger partial charge in [0.05, 0.1) is 19.1 Å². The van der Waals surface area contributed by atoms with Crippen LogP contribution in [-0.4, -0.2) is 71.8 Å². The normalized spacial score (nSPS) is 23.8. The first-order chi connectivity index (χ1) is 10.1. The third-order valence-electron chi connectivity index (χ3n) is 4.89. The van der Waals surface area contributed by atoms with Gasteiger partial charge in [0.25, 0.3) is 0 Å². The molecule has 0 aromatic rings. The van der Waals surface area contributed by atoms with Crippen molar-refractivity contribution >= 4 is 5.97 Å². The van der Waals surface area contributed by atoms with Crippen LogP contribution < -0.4 is 0 Å². The maximum atomic E-state index is 10.5. The van der Waals surface area contributed by atoms with Crippen LogP contribution in [0, 0.1) is 0 Å². The van der Waals surface area contributed by atoms with Gasteiger partial charge in [-0.1, -0.05) is 0 Å². The number of rotatable bonds is 6. The Bertz CT molecular complexity index is 319. The molecular weight excluding hydrogens is 268 g/mol. The molecule has 0 atom stereocenters. The Morgan fingerprint density at radius 2 is 1.76 bits per heavy atom. The zero-order chi connectivity index (χ0) is 15.2. The van der Waals surface area contributed by atoms with Crippen LogP contribution in [0.1, 0.15) is 46.0 Å². The Balaban J connectivity index is 1.64. The van der Waals surface area contributed by atoms with Crippen molar-refractivity contribution < 1.29 is 14.6 Å². The number of hydrogen-bond donors (Lipinski definition) is 1. The number of carboxylic acids is 1. The van der Waals surface area contributed by atoms with E-state index in [1.165, 1.54) is 25.9 Å². The van der Waals surface area contributed by atoms with E-state index in [4.69, 9.17) is 9.84 Å². The molecule has 2 aliphatic heterocycles. The fourth-order valence-electron chi connectivity index (χ4n) is 3.49. The van der Waals surface area contributed by atoms with Crippen molar-refractivity contribution in [2.24, 2.45) is 0 Å². The molecule has 0 aliphatic carbocycles. The molecule has 0 bridgehead atoms. The number of nitrogens with zero attached hydrogens (tertiary/aromatic N) is 2. The van der Waals surface area contributed by atoms with Crippen molar-refractivity contribution in [1.82, 2.24) is 9.80 Å². The number of aliphatic carboxylic acids is 1. The first-order valence-corrected chi connectivity index (χ1v) is 8.37. The summed E-state index contributed by atoms with van der Waals surface area (Å²) in [6, 6.07) is 1.40. The predicted molar refractivity (Wildman–Crippen MR) is 82.5 cm³/mol. The maximum Gasteiger partial charge on any atom is 0.305 e.